The third kappa shape index (κ3) is 1.71. The van der Waals surface area contributed by atoms with Crippen LogP contribution in [0.4, 0.5) is 0 Å². The molecule has 98 valence electrons. The zero-order valence-corrected chi connectivity index (χ0v) is 11.7. The van der Waals surface area contributed by atoms with E-state index in [4.69, 9.17) is 0 Å². The van der Waals surface area contributed by atoms with E-state index < -0.39 is 15.2 Å². The molecule has 1 aromatic heterocycles. The van der Waals surface area contributed by atoms with Gasteiger partial charge >= 0.3 is 0 Å². The smallest absolute Gasteiger partial charge is 0.256 e. The molecule has 0 bridgehead atoms. The van der Waals surface area contributed by atoms with E-state index in [2.05, 4.69) is 0 Å². The first kappa shape index (κ1) is 12.4. The Hall–Kier alpha value is -1.66. The van der Waals surface area contributed by atoms with Gasteiger partial charge < -0.3 is 4.90 Å². The number of hydrogen-bond acceptors (Lipinski definition) is 4. The summed E-state index contributed by atoms with van der Waals surface area (Å²) in [6, 6.07) is 9.89. The number of nitrogens with zero attached hydrogens (tertiary/aromatic N) is 1. The molecule has 1 unspecified atom stereocenters. The molecule has 1 aromatic carbocycles. The SMILES string of the molecule is CN1C(=O)c2ccccc2S(=O)(=O)C1c1cccs1. The second-order valence-electron chi connectivity index (χ2n) is 4.33. The number of thiophene rings is 1. The summed E-state index contributed by atoms with van der Waals surface area (Å²) in [4.78, 5) is 14.4. The van der Waals surface area contributed by atoms with Crippen molar-refractivity contribution in [3.8, 4) is 0 Å². The Labute approximate surface area is 115 Å². The third-order valence-corrected chi connectivity index (χ3v) is 6.38. The van der Waals surface area contributed by atoms with Crippen molar-refractivity contribution in [2.75, 3.05) is 7.05 Å². The lowest BCUT2D eigenvalue weighted by Crippen LogP contribution is -2.40. The van der Waals surface area contributed by atoms with Gasteiger partial charge in [-0.2, -0.15) is 0 Å². The minimum atomic E-state index is -3.57. The van der Waals surface area contributed by atoms with Crippen molar-refractivity contribution in [2.24, 2.45) is 0 Å². The van der Waals surface area contributed by atoms with Crippen LogP contribution in [0.15, 0.2) is 46.7 Å². The molecule has 6 heteroatoms. The number of benzene rings is 1. The van der Waals surface area contributed by atoms with Gasteiger partial charge in [-0.25, -0.2) is 8.42 Å². The molecule has 1 aliphatic rings. The van der Waals surface area contributed by atoms with Crippen LogP contribution in [0, 0.1) is 0 Å². The molecule has 0 saturated carbocycles. The summed E-state index contributed by atoms with van der Waals surface area (Å²) in [5.74, 6) is -0.260. The van der Waals surface area contributed by atoms with Crippen molar-refractivity contribution in [2.45, 2.75) is 10.3 Å². The highest BCUT2D eigenvalue weighted by atomic mass is 32.2. The first-order valence-electron chi connectivity index (χ1n) is 5.67. The highest BCUT2D eigenvalue weighted by molar-refractivity contribution is 7.92. The average molecular weight is 293 g/mol. The van der Waals surface area contributed by atoms with Crippen LogP contribution in [0.5, 0.6) is 0 Å². The normalized spacial score (nSPS) is 21.2. The molecule has 1 aliphatic heterocycles. The molecule has 0 saturated heterocycles. The molecule has 0 fully saturated rings. The summed E-state index contributed by atoms with van der Waals surface area (Å²) >= 11 is 1.34. The first-order valence-corrected chi connectivity index (χ1v) is 8.09. The lowest BCUT2D eigenvalue weighted by molar-refractivity contribution is 0.0763. The number of fused-ring (bicyclic) bond motifs is 1. The standard InChI is InChI=1S/C13H11NO3S2/c1-14-12(15)9-5-2-3-7-11(9)19(16,17)13(14)10-6-4-8-18-10/h2-8,13H,1H3. The Morgan fingerprint density at radius 1 is 1.16 bits per heavy atom. The molecule has 1 atom stereocenters. The number of carbonyl (C=O) groups is 1. The Bertz CT molecular complexity index is 735. The van der Waals surface area contributed by atoms with Gasteiger partial charge in [0.05, 0.1) is 10.5 Å². The molecule has 2 heterocycles. The second-order valence-corrected chi connectivity index (χ2v) is 7.28. The average Bonchev–Trinajstić information content (AvgIpc) is 2.90. The molecule has 1 amide bonds. The van der Waals surface area contributed by atoms with E-state index in [9.17, 15) is 13.2 Å². The molecule has 0 spiro atoms. The largest absolute Gasteiger partial charge is 0.320 e. The minimum absolute atomic E-state index is 0.122. The van der Waals surface area contributed by atoms with Gasteiger partial charge in [0.1, 0.15) is 0 Å². The maximum atomic E-state index is 12.7. The summed E-state index contributed by atoms with van der Waals surface area (Å²) < 4.78 is 25.3. The van der Waals surface area contributed by atoms with Gasteiger partial charge in [-0.1, -0.05) is 18.2 Å². The van der Waals surface area contributed by atoms with Crippen molar-refractivity contribution in [1.29, 1.82) is 0 Å². The fourth-order valence-corrected chi connectivity index (χ4v) is 5.45. The van der Waals surface area contributed by atoms with Crippen LogP contribution < -0.4 is 0 Å². The van der Waals surface area contributed by atoms with Crippen molar-refractivity contribution >= 4 is 27.1 Å². The number of sulfone groups is 1. The molecular formula is C13H11NO3S2. The highest BCUT2D eigenvalue weighted by Crippen LogP contribution is 2.39. The van der Waals surface area contributed by atoms with Gasteiger partial charge in [0, 0.05) is 11.9 Å². The van der Waals surface area contributed by atoms with Crippen LogP contribution in [0.3, 0.4) is 0 Å². The van der Waals surface area contributed by atoms with Crippen LogP contribution in [-0.4, -0.2) is 26.3 Å². The van der Waals surface area contributed by atoms with Crippen LogP contribution in [-0.2, 0) is 9.84 Å². The summed E-state index contributed by atoms with van der Waals surface area (Å²) in [6.45, 7) is 0. The van der Waals surface area contributed by atoms with Crippen LogP contribution in [0.1, 0.15) is 20.6 Å². The highest BCUT2D eigenvalue weighted by Gasteiger charge is 2.43. The Morgan fingerprint density at radius 2 is 1.89 bits per heavy atom. The molecule has 0 aliphatic carbocycles. The molecule has 3 rings (SSSR count). The number of hydrogen-bond donors (Lipinski definition) is 0. The van der Waals surface area contributed by atoms with Crippen LogP contribution in [0.25, 0.3) is 0 Å². The topological polar surface area (TPSA) is 54.5 Å². The summed E-state index contributed by atoms with van der Waals surface area (Å²) in [7, 11) is -2.04. The summed E-state index contributed by atoms with van der Waals surface area (Å²) in [5, 5.41) is 0.888. The number of amides is 1. The van der Waals surface area contributed by atoms with Gasteiger partial charge in [0.15, 0.2) is 5.37 Å². The molecule has 0 radical (unpaired) electrons. The van der Waals surface area contributed by atoms with Gasteiger partial charge in [-0.15, -0.1) is 11.3 Å². The summed E-state index contributed by atoms with van der Waals surface area (Å²) in [6.07, 6.45) is 0. The zero-order chi connectivity index (χ0) is 13.6. The molecule has 2 aromatic rings. The number of rotatable bonds is 1. The monoisotopic (exact) mass is 293 g/mol. The summed E-state index contributed by atoms with van der Waals surface area (Å²) in [5.41, 5.74) is 0.248. The Morgan fingerprint density at radius 3 is 2.58 bits per heavy atom. The van der Waals surface area contributed by atoms with Gasteiger partial charge in [-0.05, 0) is 23.6 Å². The van der Waals surface area contributed by atoms with Crippen LogP contribution in [0.2, 0.25) is 0 Å². The van der Waals surface area contributed by atoms with Crippen LogP contribution >= 0.6 is 11.3 Å². The lowest BCUT2D eigenvalue weighted by atomic mass is 10.2. The Balaban J connectivity index is 2.28. The van der Waals surface area contributed by atoms with Crippen molar-refractivity contribution in [3.63, 3.8) is 0 Å². The predicted molar refractivity (Wildman–Crippen MR) is 72.8 cm³/mol. The van der Waals surface area contributed by atoms with E-state index in [1.54, 1.807) is 30.3 Å². The van der Waals surface area contributed by atoms with E-state index in [0.29, 0.717) is 4.88 Å². The predicted octanol–water partition coefficient (Wildman–Crippen LogP) is 2.31. The van der Waals surface area contributed by atoms with E-state index in [0.717, 1.165) is 0 Å². The van der Waals surface area contributed by atoms with E-state index in [-0.39, 0.29) is 16.4 Å². The third-order valence-electron chi connectivity index (χ3n) is 3.18. The van der Waals surface area contributed by atoms with E-state index in [1.165, 1.54) is 29.4 Å². The number of carbonyl (C=O) groups excluding carboxylic acids is 1. The fourth-order valence-electron chi connectivity index (χ4n) is 2.29. The van der Waals surface area contributed by atoms with Crippen molar-refractivity contribution in [1.82, 2.24) is 4.90 Å². The van der Waals surface area contributed by atoms with Gasteiger partial charge in [-0.3, -0.25) is 4.79 Å². The second kappa shape index (κ2) is 4.18. The first-order chi connectivity index (χ1) is 9.03. The van der Waals surface area contributed by atoms with Gasteiger partial charge in [0.2, 0.25) is 9.84 Å². The zero-order valence-electron chi connectivity index (χ0n) is 10.1. The molecule has 0 N–H and O–H groups in total. The fraction of sp³-hybridized carbons (Fsp3) is 0.154. The molecular weight excluding hydrogens is 282 g/mol. The minimum Gasteiger partial charge on any atom is -0.320 e. The van der Waals surface area contributed by atoms with Gasteiger partial charge in [0.25, 0.3) is 5.91 Å². The van der Waals surface area contributed by atoms with Crippen molar-refractivity contribution < 1.29 is 13.2 Å². The maximum Gasteiger partial charge on any atom is 0.256 e. The molecule has 4 nitrogen and oxygen atoms in total. The quantitative estimate of drug-likeness (QED) is 0.810. The molecule has 19 heavy (non-hydrogen) atoms. The maximum absolute atomic E-state index is 12.7. The van der Waals surface area contributed by atoms with E-state index >= 15 is 0 Å². The lowest BCUT2D eigenvalue weighted by Gasteiger charge is -2.32. The van der Waals surface area contributed by atoms with Crippen molar-refractivity contribution in [3.05, 3.63) is 52.2 Å². The Kier molecular flexibility index (Phi) is 2.72. The van der Waals surface area contributed by atoms with E-state index in [1.807, 2.05) is 5.38 Å².